The Morgan fingerprint density at radius 1 is 1.48 bits per heavy atom. The Bertz CT molecular complexity index is 733. The minimum Gasteiger partial charge on any atom is -0.495 e. The SMILES string of the molecule is COc1ccccc1N1CC(=O)NC2C(C(=O)O)=NC(Cl)=NC21. The first-order valence-corrected chi connectivity index (χ1v) is 7.13. The number of nitrogens with zero attached hydrogens (tertiary/aromatic N) is 3. The van der Waals surface area contributed by atoms with Gasteiger partial charge in [-0.2, -0.15) is 0 Å². The van der Waals surface area contributed by atoms with E-state index in [1.807, 2.05) is 0 Å². The van der Waals surface area contributed by atoms with Crippen LogP contribution in [0.2, 0.25) is 0 Å². The Morgan fingerprint density at radius 2 is 2.22 bits per heavy atom. The van der Waals surface area contributed by atoms with Crippen LogP contribution < -0.4 is 15.0 Å². The third kappa shape index (κ3) is 2.72. The number of nitrogens with one attached hydrogen (secondary N) is 1. The summed E-state index contributed by atoms with van der Waals surface area (Å²) in [5, 5.41) is 11.7. The average Bonchev–Trinajstić information content (AvgIpc) is 2.53. The molecule has 1 aromatic carbocycles. The fourth-order valence-electron chi connectivity index (χ4n) is 2.66. The van der Waals surface area contributed by atoms with Crippen molar-refractivity contribution < 1.29 is 19.4 Å². The Kier molecular flexibility index (Phi) is 3.91. The van der Waals surface area contributed by atoms with Crippen molar-refractivity contribution in [1.82, 2.24) is 5.32 Å². The number of ether oxygens (including phenoxy) is 1. The number of amidine groups is 1. The van der Waals surface area contributed by atoms with Crippen molar-refractivity contribution in [2.45, 2.75) is 12.2 Å². The van der Waals surface area contributed by atoms with Crippen LogP contribution in [0.1, 0.15) is 0 Å². The van der Waals surface area contributed by atoms with Crippen LogP contribution >= 0.6 is 11.6 Å². The summed E-state index contributed by atoms with van der Waals surface area (Å²) in [6.45, 7) is 0.00209. The lowest BCUT2D eigenvalue weighted by molar-refractivity contribution is -0.129. The van der Waals surface area contributed by atoms with Gasteiger partial charge in [0.25, 0.3) is 0 Å². The van der Waals surface area contributed by atoms with Crippen LogP contribution in [0.5, 0.6) is 5.75 Å². The summed E-state index contributed by atoms with van der Waals surface area (Å²) in [6.07, 6.45) is -0.708. The molecular weight excluding hydrogens is 324 g/mol. The summed E-state index contributed by atoms with van der Waals surface area (Å²) in [6, 6.07) is 6.22. The molecule has 0 bridgehead atoms. The minimum absolute atomic E-state index is 0.00209. The second-order valence-electron chi connectivity index (χ2n) is 4.96. The summed E-state index contributed by atoms with van der Waals surface area (Å²) in [5.74, 6) is -1.04. The summed E-state index contributed by atoms with van der Waals surface area (Å²) in [7, 11) is 1.52. The molecule has 1 aromatic rings. The molecule has 23 heavy (non-hydrogen) atoms. The lowest BCUT2D eigenvalue weighted by Gasteiger charge is -2.41. The molecule has 2 N–H and O–H groups in total. The number of aliphatic carboxylic acids is 1. The minimum atomic E-state index is -1.25. The molecule has 2 unspecified atom stereocenters. The van der Waals surface area contributed by atoms with Crippen LogP contribution in [-0.2, 0) is 9.59 Å². The molecule has 1 saturated heterocycles. The van der Waals surface area contributed by atoms with E-state index in [4.69, 9.17) is 16.3 Å². The zero-order chi connectivity index (χ0) is 16.6. The highest BCUT2D eigenvalue weighted by Crippen LogP contribution is 2.32. The molecule has 2 atom stereocenters. The number of piperazine rings is 1. The molecule has 1 amide bonds. The Labute approximate surface area is 136 Å². The van der Waals surface area contributed by atoms with E-state index in [1.54, 1.807) is 29.2 Å². The van der Waals surface area contributed by atoms with Gasteiger partial charge in [-0.15, -0.1) is 0 Å². The lowest BCUT2D eigenvalue weighted by Crippen LogP contribution is -2.65. The summed E-state index contributed by atoms with van der Waals surface area (Å²) >= 11 is 5.87. The third-order valence-corrected chi connectivity index (χ3v) is 3.79. The number of carbonyl (C=O) groups excluding carboxylic acids is 1. The number of rotatable bonds is 3. The fraction of sp³-hybridized carbons (Fsp3) is 0.286. The van der Waals surface area contributed by atoms with E-state index in [0.29, 0.717) is 11.4 Å². The molecule has 1 fully saturated rings. The maximum absolute atomic E-state index is 12.0. The Balaban J connectivity index is 2.07. The first-order chi connectivity index (χ1) is 11.0. The number of hydrogen-bond acceptors (Lipinski definition) is 6. The molecule has 2 aliphatic rings. The number of anilines is 1. The molecular formula is C14H13ClN4O4. The van der Waals surface area contributed by atoms with Gasteiger partial charge in [0.15, 0.2) is 11.9 Å². The van der Waals surface area contributed by atoms with Gasteiger partial charge in [0, 0.05) is 0 Å². The van der Waals surface area contributed by atoms with Gasteiger partial charge in [-0.05, 0) is 23.7 Å². The number of methoxy groups -OCH3 is 1. The summed E-state index contributed by atoms with van der Waals surface area (Å²) < 4.78 is 5.31. The maximum Gasteiger partial charge on any atom is 0.352 e. The highest BCUT2D eigenvalue weighted by molar-refractivity contribution is 6.67. The summed E-state index contributed by atoms with van der Waals surface area (Å²) in [4.78, 5) is 33.0. The molecule has 2 heterocycles. The van der Waals surface area contributed by atoms with Gasteiger partial charge in [0.1, 0.15) is 11.8 Å². The molecule has 8 nitrogen and oxygen atoms in total. The normalized spacial score (nSPS) is 23.4. The first-order valence-electron chi connectivity index (χ1n) is 6.75. The smallest absolute Gasteiger partial charge is 0.352 e. The van der Waals surface area contributed by atoms with Gasteiger partial charge in [-0.25, -0.2) is 14.8 Å². The maximum atomic E-state index is 12.0. The number of para-hydroxylation sites is 2. The Hall–Kier alpha value is -2.61. The fourth-order valence-corrected chi connectivity index (χ4v) is 2.85. The monoisotopic (exact) mass is 336 g/mol. The van der Waals surface area contributed by atoms with E-state index in [1.165, 1.54) is 7.11 Å². The van der Waals surface area contributed by atoms with Crippen LogP contribution in [0.3, 0.4) is 0 Å². The van der Waals surface area contributed by atoms with E-state index in [2.05, 4.69) is 15.3 Å². The zero-order valence-corrected chi connectivity index (χ0v) is 12.8. The number of amides is 1. The largest absolute Gasteiger partial charge is 0.495 e. The van der Waals surface area contributed by atoms with Crippen molar-refractivity contribution in [3.8, 4) is 5.75 Å². The number of benzene rings is 1. The van der Waals surface area contributed by atoms with E-state index >= 15 is 0 Å². The highest BCUT2D eigenvalue weighted by Gasteiger charge is 2.43. The quantitative estimate of drug-likeness (QED) is 0.780. The second kappa shape index (κ2) is 5.88. The van der Waals surface area contributed by atoms with Gasteiger partial charge in [0.2, 0.25) is 11.2 Å². The predicted octanol–water partition coefficient (Wildman–Crippen LogP) is 0.460. The van der Waals surface area contributed by atoms with Gasteiger partial charge in [-0.3, -0.25) is 4.79 Å². The number of halogens is 1. The molecule has 0 radical (unpaired) electrons. The molecule has 0 spiro atoms. The van der Waals surface area contributed by atoms with Crippen molar-refractivity contribution in [3.63, 3.8) is 0 Å². The van der Waals surface area contributed by atoms with Crippen molar-refractivity contribution in [1.29, 1.82) is 0 Å². The van der Waals surface area contributed by atoms with Gasteiger partial charge in [-0.1, -0.05) is 12.1 Å². The van der Waals surface area contributed by atoms with E-state index < -0.39 is 18.2 Å². The molecule has 0 aliphatic carbocycles. The van der Waals surface area contributed by atoms with Crippen molar-refractivity contribution in [2.24, 2.45) is 9.98 Å². The van der Waals surface area contributed by atoms with E-state index in [9.17, 15) is 14.7 Å². The zero-order valence-electron chi connectivity index (χ0n) is 12.1. The molecule has 120 valence electrons. The lowest BCUT2D eigenvalue weighted by atomic mass is 10.0. The standard InChI is InChI=1S/C14H13ClN4O4/c1-23-8-5-3-2-4-7(8)19-6-9(20)16-10-11(13(21)22)17-14(15)18-12(10)19/h2-5,10,12H,6H2,1H3,(H,16,20)(H,21,22). The van der Waals surface area contributed by atoms with Crippen LogP contribution in [-0.4, -0.2) is 53.9 Å². The number of aliphatic imine (C=N–C) groups is 2. The highest BCUT2D eigenvalue weighted by atomic mass is 35.5. The van der Waals surface area contributed by atoms with Crippen LogP contribution in [0.4, 0.5) is 5.69 Å². The van der Waals surface area contributed by atoms with Crippen LogP contribution in [0.15, 0.2) is 34.3 Å². The Morgan fingerprint density at radius 3 is 2.91 bits per heavy atom. The van der Waals surface area contributed by atoms with E-state index in [-0.39, 0.29) is 23.5 Å². The number of fused-ring (bicyclic) bond motifs is 1. The number of hydrogen-bond donors (Lipinski definition) is 2. The average molecular weight is 337 g/mol. The first kappa shape index (κ1) is 15.3. The van der Waals surface area contributed by atoms with Crippen molar-refractivity contribution in [3.05, 3.63) is 24.3 Å². The number of carboxylic acids is 1. The molecule has 2 aliphatic heterocycles. The van der Waals surface area contributed by atoms with Gasteiger partial charge < -0.3 is 20.1 Å². The van der Waals surface area contributed by atoms with Gasteiger partial charge in [0.05, 0.1) is 19.3 Å². The number of carbonyl (C=O) groups is 2. The van der Waals surface area contributed by atoms with Crippen molar-refractivity contribution >= 4 is 40.2 Å². The molecule has 3 rings (SSSR count). The predicted molar refractivity (Wildman–Crippen MR) is 84.4 cm³/mol. The molecule has 9 heteroatoms. The van der Waals surface area contributed by atoms with Crippen molar-refractivity contribution in [2.75, 3.05) is 18.6 Å². The molecule has 0 saturated carbocycles. The third-order valence-electron chi connectivity index (χ3n) is 3.61. The topological polar surface area (TPSA) is 104 Å². The van der Waals surface area contributed by atoms with Crippen LogP contribution in [0.25, 0.3) is 0 Å². The van der Waals surface area contributed by atoms with Gasteiger partial charge >= 0.3 is 5.97 Å². The summed E-state index contributed by atoms with van der Waals surface area (Å²) in [5.41, 5.74) is 0.377. The molecule has 0 aromatic heterocycles. The second-order valence-corrected chi connectivity index (χ2v) is 5.30. The van der Waals surface area contributed by atoms with E-state index in [0.717, 1.165) is 0 Å². The number of carboxylic acid groups (broad SMARTS) is 1. The van der Waals surface area contributed by atoms with Crippen LogP contribution in [0, 0.1) is 0 Å².